The van der Waals surface area contributed by atoms with E-state index in [4.69, 9.17) is 28.3 Å². The van der Waals surface area contributed by atoms with Crippen LogP contribution in [0.1, 0.15) is 10.4 Å². The van der Waals surface area contributed by atoms with Gasteiger partial charge < -0.3 is 5.32 Å². The number of sulfonamides is 1. The van der Waals surface area contributed by atoms with Crippen LogP contribution in [0.25, 0.3) is 0 Å². The number of benzene rings is 2. The summed E-state index contributed by atoms with van der Waals surface area (Å²) >= 11 is 13.3. The molecule has 0 unspecified atom stereocenters. The largest absolute Gasteiger partial charge is 0.321 e. The first-order chi connectivity index (χ1) is 10.7. The molecule has 0 aliphatic rings. The second-order valence-electron chi connectivity index (χ2n) is 4.46. The number of hydrogen-bond acceptors (Lipinski definition) is 4. The lowest BCUT2D eigenvalue weighted by Gasteiger charge is -2.11. The van der Waals surface area contributed by atoms with Crippen molar-refractivity contribution in [3.05, 3.63) is 52.0 Å². The quantitative estimate of drug-likeness (QED) is 0.780. The Morgan fingerprint density at radius 3 is 2.43 bits per heavy atom. The van der Waals surface area contributed by atoms with Gasteiger partial charge in [0, 0.05) is 4.90 Å². The highest BCUT2D eigenvalue weighted by Gasteiger charge is 2.20. The number of carbonyl (C=O) groups excluding carboxylic acids is 1. The van der Waals surface area contributed by atoms with Crippen molar-refractivity contribution in [2.75, 3.05) is 11.6 Å². The molecule has 3 N–H and O–H groups in total. The Morgan fingerprint density at radius 1 is 1.17 bits per heavy atom. The smallest absolute Gasteiger partial charge is 0.257 e. The van der Waals surface area contributed by atoms with Crippen LogP contribution < -0.4 is 10.5 Å². The minimum absolute atomic E-state index is 0.0292. The monoisotopic (exact) mass is 390 g/mol. The van der Waals surface area contributed by atoms with Gasteiger partial charge in [0.25, 0.3) is 5.91 Å². The van der Waals surface area contributed by atoms with Crippen LogP contribution in [0.5, 0.6) is 0 Å². The zero-order valence-electron chi connectivity index (χ0n) is 11.8. The molecule has 5 nitrogen and oxygen atoms in total. The van der Waals surface area contributed by atoms with Crippen LogP contribution in [0.3, 0.4) is 0 Å². The molecule has 2 aromatic carbocycles. The lowest BCUT2D eigenvalue weighted by molar-refractivity contribution is 0.102. The molecular formula is C14H12Cl2N2O3S2. The molecule has 0 aliphatic carbocycles. The fourth-order valence-corrected chi connectivity index (χ4v) is 3.82. The zero-order valence-corrected chi connectivity index (χ0v) is 15.0. The third kappa shape index (κ3) is 4.19. The molecule has 0 saturated carbocycles. The van der Waals surface area contributed by atoms with Crippen LogP contribution in [-0.2, 0) is 10.0 Å². The van der Waals surface area contributed by atoms with E-state index in [9.17, 15) is 13.2 Å². The summed E-state index contributed by atoms with van der Waals surface area (Å²) in [5.41, 5.74) is 0.559. The Kier molecular flexibility index (Phi) is 5.59. The summed E-state index contributed by atoms with van der Waals surface area (Å²) in [5, 5.41) is 7.67. The fourth-order valence-electron chi connectivity index (χ4n) is 1.86. The van der Waals surface area contributed by atoms with E-state index in [1.807, 2.05) is 18.4 Å². The summed E-state index contributed by atoms with van der Waals surface area (Å²) in [4.78, 5) is 12.9. The lowest BCUT2D eigenvalue weighted by Crippen LogP contribution is -2.17. The van der Waals surface area contributed by atoms with Gasteiger partial charge in [-0.2, -0.15) is 0 Å². The normalized spacial score (nSPS) is 11.3. The summed E-state index contributed by atoms with van der Waals surface area (Å²) in [6, 6.07) is 9.44. The third-order valence-corrected chi connectivity index (χ3v) is 5.41. The number of nitrogens with one attached hydrogen (secondary N) is 1. The van der Waals surface area contributed by atoms with Crippen molar-refractivity contribution in [3.8, 4) is 0 Å². The highest BCUT2D eigenvalue weighted by molar-refractivity contribution is 7.98. The maximum Gasteiger partial charge on any atom is 0.257 e. The third-order valence-electron chi connectivity index (χ3n) is 2.93. The number of rotatable bonds is 4. The number of halogens is 2. The molecule has 0 aliphatic heterocycles. The number of primary sulfonamides is 1. The van der Waals surface area contributed by atoms with E-state index < -0.39 is 15.9 Å². The van der Waals surface area contributed by atoms with Crippen molar-refractivity contribution >= 4 is 56.6 Å². The lowest BCUT2D eigenvalue weighted by atomic mass is 10.2. The summed E-state index contributed by atoms with van der Waals surface area (Å²) in [7, 11) is -4.07. The number of hydrogen-bond donors (Lipinski definition) is 2. The molecule has 0 aromatic heterocycles. The number of nitrogens with two attached hydrogens (primary N) is 1. The van der Waals surface area contributed by atoms with E-state index in [0.717, 1.165) is 11.0 Å². The summed E-state index contributed by atoms with van der Waals surface area (Å²) < 4.78 is 23.0. The maximum atomic E-state index is 12.4. The Hall–Kier alpha value is -1.25. The van der Waals surface area contributed by atoms with E-state index in [2.05, 4.69) is 5.32 Å². The number of para-hydroxylation sites is 1. The van der Waals surface area contributed by atoms with Crippen molar-refractivity contribution < 1.29 is 13.2 Å². The van der Waals surface area contributed by atoms with Gasteiger partial charge >= 0.3 is 0 Å². The van der Waals surface area contributed by atoms with Gasteiger partial charge in [0.2, 0.25) is 10.0 Å². The molecule has 122 valence electrons. The summed E-state index contributed by atoms with van der Waals surface area (Å²) in [6.45, 7) is 0. The van der Waals surface area contributed by atoms with Gasteiger partial charge in [0.15, 0.2) is 0 Å². The Labute approximate surface area is 148 Å². The molecular weight excluding hydrogens is 379 g/mol. The first-order valence-corrected chi connectivity index (χ1v) is 9.73. The molecule has 9 heteroatoms. The van der Waals surface area contributed by atoms with Gasteiger partial charge in [-0.1, -0.05) is 35.3 Å². The van der Waals surface area contributed by atoms with E-state index in [-0.39, 0.29) is 20.5 Å². The maximum absolute atomic E-state index is 12.4. The molecule has 0 fully saturated rings. The van der Waals surface area contributed by atoms with Crippen LogP contribution in [0.4, 0.5) is 5.69 Å². The Balaban J connectivity index is 2.44. The van der Waals surface area contributed by atoms with E-state index in [1.54, 1.807) is 12.1 Å². The first kappa shape index (κ1) is 18.1. The van der Waals surface area contributed by atoms with Crippen molar-refractivity contribution in [2.24, 2.45) is 5.14 Å². The average molecular weight is 391 g/mol. The molecule has 0 atom stereocenters. The highest BCUT2D eigenvalue weighted by Crippen LogP contribution is 2.30. The molecule has 0 spiro atoms. The van der Waals surface area contributed by atoms with Crippen LogP contribution in [0, 0.1) is 0 Å². The number of thioether (sulfide) groups is 1. The van der Waals surface area contributed by atoms with Gasteiger partial charge in [-0.15, -0.1) is 11.8 Å². The molecule has 1 amide bonds. The predicted octanol–water partition coefficient (Wildman–Crippen LogP) is 3.62. The Morgan fingerprint density at radius 2 is 1.83 bits per heavy atom. The minimum atomic E-state index is -4.07. The van der Waals surface area contributed by atoms with Gasteiger partial charge in [0.1, 0.15) is 4.90 Å². The average Bonchev–Trinajstić information content (AvgIpc) is 2.46. The minimum Gasteiger partial charge on any atom is -0.321 e. The number of anilines is 1. The van der Waals surface area contributed by atoms with Gasteiger partial charge in [-0.25, -0.2) is 13.6 Å². The van der Waals surface area contributed by atoms with Crippen molar-refractivity contribution in [3.63, 3.8) is 0 Å². The molecule has 0 radical (unpaired) electrons. The van der Waals surface area contributed by atoms with Crippen molar-refractivity contribution in [1.82, 2.24) is 0 Å². The second kappa shape index (κ2) is 7.11. The molecule has 2 rings (SSSR count). The summed E-state index contributed by atoms with van der Waals surface area (Å²) in [5.74, 6) is -0.557. The van der Waals surface area contributed by atoms with Gasteiger partial charge in [-0.3, -0.25) is 4.79 Å². The van der Waals surface area contributed by atoms with Gasteiger partial charge in [0.05, 0.1) is 21.3 Å². The predicted molar refractivity (Wildman–Crippen MR) is 94.0 cm³/mol. The molecule has 0 bridgehead atoms. The topological polar surface area (TPSA) is 89.3 Å². The number of amides is 1. The van der Waals surface area contributed by atoms with E-state index in [0.29, 0.717) is 5.69 Å². The first-order valence-electron chi connectivity index (χ1n) is 6.20. The molecule has 0 saturated heterocycles. The van der Waals surface area contributed by atoms with Crippen LogP contribution in [0.15, 0.2) is 46.2 Å². The highest BCUT2D eigenvalue weighted by atomic mass is 35.5. The second-order valence-corrected chi connectivity index (χ2v) is 7.65. The Bertz CT molecular complexity index is 870. The number of carbonyl (C=O) groups is 1. The van der Waals surface area contributed by atoms with Gasteiger partial charge in [-0.05, 0) is 30.5 Å². The van der Waals surface area contributed by atoms with Crippen molar-refractivity contribution in [2.45, 2.75) is 9.79 Å². The van der Waals surface area contributed by atoms with E-state index in [1.165, 1.54) is 17.8 Å². The zero-order chi connectivity index (χ0) is 17.2. The SMILES string of the molecule is CSc1ccccc1NC(=O)c1cc(S(N)(=O)=O)c(Cl)cc1Cl. The molecule has 0 heterocycles. The van der Waals surface area contributed by atoms with Crippen LogP contribution >= 0.6 is 35.0 Å². The van der Waals surface area contributed by atoms with Crippen LogP contribution in [-0.4, -0.2) is 20.6 Å². The molecule has 2 aromatic rings. The van der Waals surface area contributed by atoms with Crippen molar-refractivity contribution in [1.29, 1.82) is 0 Å². The molecule has 23 heavy (non-hydrogen) atoms. The van der Waals surface area contributed by atoms with Crippen LogP contribution in [0.2, 0.25) is 10.0 Å². The van der Waals surface area contributed by atoms with E-state index >= 15 is 0 Å². The fraction of sp³-hybridized carbons (Fsp3) is 0.0714. The standard InChI is InChI=1S/C14H12Cl2N2O3S2/c1-22-12-5-3-2-4-11(12)18-14(19)8-6-13(23(17,20)21)10(16)7-9(8)15/h2-7H,1H3,(H,18,19)(H2,17,20,21). The summed E-state index contributed by atoms with van der Waals surface area (Å²) in [6.07, 6.45) is 1.87.